The zero-order valence-electron chi connectivity index (χ0n) is 14.3. The van der Waals surface area contributed by atoms with Crippen LogP contribution < -0.4 is 0 Å². The summed E-state index contributed by atoms with van der Waals surface area (Å²) in [6.07, 6.45) is 1.75. The summed E-state index contributed by atoms with van der Waals surface area (Å²) in [7, 11) is 0. The van der Waals surface area contributed by atoms with Crippen molar-refractivity contribution in [1.29, 1.82) is 5.26 Å². The van der Waals surface area contributed by atoms with Crippen LogP contribution in [0.3, 0.4) is 0 Å². The van der Waals surface area contributed by atoms with Crippen molar-refractivity contribution in [2.24, 2.45) is 0 Å². The lowest BCUT2D eigenvalue weighted by Crippen LogP contribution is -1.78. The summed E-state index contributed by atoms with van der Waals surface area (Å²) in [6.45, 7) is 2.04. The maximum atomic E-state index is 9.50. The van der Waals surface area contributed by atoms with Crippen LogP contribution >= 0.6 is 39.0 Å². The van der Waals surface area contributed by atoms with E-state index in [2.05, 4.69) is 27.0 Å². The maximum absolute atomic E-state index is 9.50. The molecule has 0 aliphatic heterocycles. The lowest BCUT2D eigenvalue weighted by Gasteiger charge is -2.01. The normalized spacial score (nSPS) is 11.7. The number of fused-ring (bicyclic) bond motifs is 1. The number of hydrogen-bond acceptors (Lipinski definition) is 5. The first-order valence-electron chi connectivity index (χ1n) is 8.14. The Kier molecular flexibility index (Phi) is 5.17. The summed E-state index contributed by atoms with van der Waals surface area (Å²) in [6, 6.07) is 20.1. The number of thioether (sulfide) groups is 1. The number of thiazole rings is 1. The lowest BCUT2D eigenvalue weighted by molar-refractivity contribution is 0.571. The van der Waals surface area contributed by atoms with E-state index in [0.29, 0.717) is 10.7 Å². The van der Waals surface area contributed by atoms with Gasteiger partial charge in [-0.3, -0.25) is 0 Å². The first kappa shape index (κ1) is 18.1. The molecule has 4 aromatic rings. The summed E-state index contributed by atoms with van der Waals surface area (Å²) >= 11 is 6.49. The van der Waals surface area contributed by atoms with E-state index < -0.39 is 0 Å². The highest BCUT2D eigenvalue weighted by Crippen LogP contribution is 2.35. The van der Waals surface area contributed by atoms with Gasteiger partial charge in [0.1, 0.15) is 17.6 Å². The van der Waals surface area contributed by atoms with Crippen LogP contribution in [0.1, 0.15) is 11.3 Å². The third-order valence-corrected chi connectivity index (χ3v) is 6.82. The van der Waals surface area contributed by atoms with E-state index in [0.717, 1.165) is 30.4 Å². The van der Waals surface area contributed by atoms with Crippen LogP contribution in [-0.2, 0) is 0 Å². The van der Waals surface area contributed by atoms with Gasteiger partial charge in [-0.05, 0) is 54.6 Å². The molecule has 2 heterocycles. The molecule has 0 radical (unpaired) electrons. The standard InChI is InChI=1S/C21H13BrN2OS2/c1-13-6-7-14(10-17(13)22)19-9-8-15(25-19)11-16(12-23)26-21-24-18-4-2-3-5-20(18)27-21/h2-11H,1H3. The van der Waals surface area contributed by atoms with Crippen molar-refractivity contribution in [3.05, 3.63) is 75.3 Å². The van der Waals surface area contributed by atoms with Gasteiger partial charge in [0.05, 0.1) is 15.1 Å². The molecule has 0 aliphatic rings. The summed E-state index contributed by atoms with van der Waals surface area (Å²) < 4.78 is 8.91. The topological polar surface area (TPSA) is 49.8 Å². The summed E-state index contributed by atoms with van der Waals surface area (Å²) in [5.41, 5.74) is 3.11. The molecule has 0 bridgehead atoms. The molecule has 0 atom stereocenters. The number of aryl methyl sites for hydroxylation is 1. The predicted molar refractivity (Wildman–Crippen MR) is 116 cm³/mol. The van der Waals surface area contributed by atoms with Crippen molar-refractivity contribution < 1.29 is 4.42 Å². The second-order valence-corrected chi connectivity index (χ2v) is 9.01. The fraction of sp³-hybridized carbons (Fsp3) is 0.0476. The number of aromatic nitrogens is 1. The Morgan fingerprint density at radius 3 is 2.85 bits per heavy atom. The summed E-state index contributed by atoms with van der Waals surface area (Å²) in [5.74, 6) is 1.41. The minimum Gasteiger partial charge on any atom is -0.457 e. The molecule has 0 saturated heterocycles. The van der Waals surface area contributed by atoms with Crippen LogP contribution in [0.25, 0.3) is 27.6 Å². The van der Waals surface area contributed by atoms with Crippen molar-refractivity contribution in [1.82, 2.24) is 4.98 Å². The van der Waals surface area contributed by atoms with Gasteiger partial charge in [-0.1, -0.05) is 40.2 Å². The molecule has 0 N–H and O–H groups in total. The number of hydrogen-bond donors (Lipinski definition) is 0. The highest BCUT2D eigenvalue weighted by atomic mass is 79.9. The van der Waals surface area contributed by atoms with Gasteiger partial charge in [-0.15, -0.1) is 11.3 Å². The molecule has 6 heteroatoms. The van der Waals surface area contributed by atoms with Crippen molar-refractivity contribution >= 4 is 55.3 Å². The number of para-hydroxylation sites is 1. The Hall–Kier alpha value is -2.33. The van der Waals surface area contributed by atoms with Crippen LogP contribution in [0.5, 0.6) is 0 Å². The van der Waals surface area contributed by atoms with Gasteiger partial charge in [-0.2, -0.15) is 5.26 Å². The Bertz CT molecular complexity index is 1170. The molecular weight excluding hydrogens is 440 g/mol. The second kappa shape index (κ2) is 7.73. The van der Waals surface area contributed by atoms with E-state index in [1.807, 2.05) is 61.5 Å². The number of furan rings is 1. The van der Waals surface area contributed by atoms with E-state index in [9.17, 15) is 5.26 Å². The van der Waals surface area contributed by atoms with E-state index in [-0.39, 0.29) is 0 Å². The van der Waals surface area contributed by atoms with Gasteiger partial charge in [0.2, 0.25) is 0 Å². The van der Waals surface area contributed by atoms with Crippen LogP contribution in [-0.4, -0.2) is 4.98 Å². The average molecular weight is 453 g/mol. The van der Waals surface area contributed by atoms with Crippen molar-refractivity contribution in [3.8, 4) is 17.4 Å². The van der Waals surface area contributed by atoms with Gasteiger partial charge < -0.3 is 4.42 Å². The van der Waals surface area contributed by atoms with Gasteiger partial charge >= 0.3 is 0 Å². The van der Waals surface area contributed by atoms with E-state index >= 15 is 0 Å². The zero-order valence-corrected chi connectivity index (χ0v) is 17.5. The number of benzene rings is 2. The molecule has 0 unspecified atom stereocenters. The van der Waals surface area contributed by atoms with Crippen LogP contribution in [0.2, 0.25) is 0 Å². The van der Waals surface area contributed by atoms with Crippen LogP contribution in [0, 0.1) is 18.3 Å². The quantitative estimate of drug-likeness (QED) is 0.241. The second-order valence-electron chi connectivity index (χ2n) is 5.84. The molecule has 3 nitrogen and oxygen atoms in total. The zero-order chi connectivity index (χ0) is 18.8. The number of rotatable bonds is 4. The van der Waals surface area contributed by atoms with Crippen LogP contribution in [0.15, 0.2) is 72.7 Å². The molecule has 132 valence electrons. The number of nitriles is 1. The molecule has 0 spiro atoms. The highest BCUT2D eigenvalue weighted by Gasteiger charge is 2.10. The largest absolute Gasteiger partial charge is 0.457 e. The summed E-state index contributed by atoms with van der Waals surface area (Å²) in [5, 5.41) is 9.50. The molecule has 0 aliphatic carbocycles. The van der Waals surface area contributed by atoms with Crippen molar-refractivity contribution in [2.75, 3.05) is 0 Å². The van der Waals surface area contributed by atoms with E-state index in [1.165, 1.54) is 17.3 Å². The molecule has 0 amide bonds. The average Bonchev–Trinajstić information content (AvgIpc) is 3.29. The molecule has 27 heavy (non-hydrogen) atoms. The monoisotopic (exact) mass is 452 g/mol. The van der Waals surface area contributed by atoms with Crippen LogP contribution in [0.4, 0.5) is 0 Å². The molecule has 0 fully saturated rings. The smallest absolute Gasteiger partial charge is 0.156 e. The first-order chi connectivity index (χ1) is 13.1. The first-order valence-corrected chi connectivity index (χ1v) is 10.6. The van der Waals surface area contributed by atoms with Crippen molar-refractivity contribution in [2.45, 2.75) is 11.3 Å². The highest BCUT2D eigenvalue weighted by molar-refractivity contribution is 9.10. The van der Waals surface area contributed by atoms with Gasteiger partial charge in [0, 0.05) is 16.1 Å². The van der Waals surface area contributed by atoms with Gasteiger partial charge in [-0.25, -0.2) is 4.98 Å². The fourth-order valence-corrected chi connectivity index (χ4v) is 4.87. The summed E-state index contributed by atoms with van der Waals surface area (Å²) in [4.78, 5) is 5.11. The number of nitrogens with zero attached hydrogens (tertiary/aromatic N) is 2. The molecule has 4 rings (SSSR count). The third-order valence-electron chi connectivity index (χ3n) is 3.94. The Balaban J connectivity index is 1.58. The number of halogens is 1. The van der Waals surface area contributed by atoms with E-state index in [4.69, 9.17) is 4.42 Å². The molecule has 2 aromatic carbocycles. The molecule has 2 aromatic heterocycles. The maximum Gasteiger partial charge on any atom is 0.156 e. The Labute approximate surface area is 173 Å². The third kappa shape index (κ3) is 4.01. The van der Waals surface area contributed by atoms with Gasteiger partial charge in [0.25, 0.3) is 0 Å². The fourth-order valence-electron chi connectivity index (χ4n) is 2.53. The SMILES string of the molecule is Cc1ccc(-c2ccc(C=C(C#N)Sc3nc4ccccc4s3)o2)cc1Br. The lowest BCUT2D eigenvalue weighted by atomic mass is 10.1. The predicted octanol–water partition coefficient (Wildman–Crippen LogP) is 7.28. The Morgan fingerprint density at radius 1 is 1.22 bits per heavy atom. The van der Waals surface area contributed by atoms with Crippen molar-refractivity contribution in [3.63, 3.8) is 0 Å². The number of allylic oxidation sites excluding steroid dienone is 1. The molecular formula is C21H13BrN2OS2. The Morgan fingerprint density at radius 2 is 2.07 bits per heavy atom. The van der Waals surface area contributed by atoms with E-state index in [1.54, 1.807) is 17.4 Å². The molecule has 0 saturated carbocycles. The minimum absolute atomic E-state index is 0.542. The van der Waals surface area contributed by atoms with Gasteiger partial charge in [0.15, 0.2) is 4.34 Å². The minimum atomic E-state index is 0.542.